The van der Waals surface area contributed by atoms with Crippen molar-refractivity contribution in [1.29, 1.82) is 0 Å². The first kappa shape index (κ1) is 15.5. The molecule has 2 aromatic rings. The van der Waals surface area contributed by atoms with E-state index in [0.717, 1.165) is 16.8 Å². The molecule has 0 saturated heterocycles. The zero-order valence-corrected chi connectivity index (χ0v) is 14.2. The van der Waals surface area contributed by atoms with Gasteiger partial charge >= 0.3 is 0 Å². The van der Waals surface area contributed by atoms with E-state index in [9.17, 15) is 0 Å². The van der Waals surface area contributed by atoms with Crippen molar-refractivity contribution in [3.05, 3.63) is 51.1 Å². The van der Waals surface area contributed by atoms with E-state index >= 15 is 0 Å². The minimum absolute atomic E-state index is 0.404. The van der Waals surface area contributed by atoms with Crippen LogP contribution in [0, 0.1) is 5.92 Å². The molecular formula is C16H20BrNOS. The maximum absolute atomic E-state index is 5.75. The maximum atomic E-state index is 5.75. The fraction of sp³-hybridized carbons (Fsp3) is 0.375. The minimum atomic E-state index is 0.404. The van der Waals surface area contributed by atoms with Crippen molar-refractivity contribution in [1.82, 2.24) is 5.32 Å². The smallest absolute Gasteiger partial charge is 0.120 e. The Kier molecular flexibility index (Phi) is 6.07. The highest BCUT2D eigenvalue weighted by atomic mass is 79.9. The van der Waals surface area contributed by atoms with Gasteiger partial charge < -0.3 is 10.1 Å². The van der Waals surface area contributed by atoms with E-state index in [-0.39, 0.29) is 0 Å². The molecule has 1 aromatic carbocycles. The number of halogens is 1. The van der Waals surface area contributed by atoms with Gasteiger partial charge in [0.2, 0.25) is 0 Å². The molecule has 1 atom stereocenters. The first-order valence-corrected chi connectivity index (χ1v) is 8.49. The molecule has 1 N–H and O–H groups in total. The average Bonchev–Trinajstić information content (AvgIpc) is 2.92. The van der Waals surface area contributed by atoms with Gasteiger partial charge in [-0.15, -0.1) is 11.3 Å². The van der Waals surface area contributed by atoms with Crippen molar-refractivity contribution < 1.29 is 4.74 Å². The van der Waals surface area contributed by atoms with Crippen LogP contribution in [0.25, 0.3) is 0 Å². The molecule has 0 saturated carbocycles. The first-order valence-electron chi connectivity index (χ1n) is 6.82. The molecule has 0 aliphatic heterocycles. The molecule has 0 amide bonds. The highest BCUT2D eigenvalue weighted by molar-refractivity contribution is 9.10. The van der Waals surface area contributed by atoms with Crippen LogP contribution in [0.2, 0.25) is 0 Å². The Labute approximate surface area is 133 Å². The number of thiophene rings is 1. The molecule has 108 valence electrons. The van der Waals surface area contributed by atoms with Gasteiger partial charge in [0.05, 0.1) is 0 Å². The summed E-state index contributed by atoms with van der Waals surface area (Å²) in [5.74, 6) is 1.47. The number of ether oxygens (including phenoxy) is 1. The Hall–Kier alpha value is -0.840. The lowest BCUT2D eigenvalue weighted by Crippen LogP contribution is -2.29. The molecule has 0 fully saturated rings. The molecule has 2 nitrogen and oxygen atoms in total. The molecule has 2 rings (SSSR count). The second-order valence-electron chi connectivity index (χ2n) is 5.00. The Bertz CT molecular complexity index is 513. The van der Waals surface area contributed by atoms with Gasteiger partial charge in [-0.05, 0) is 35.6 Å². The van der Waals surface area contributed by atoms with Crippen LogP contribution >= 0.6 is 27.3 Å². The predicted octanol–water partition coefficient (Wildman–Crippen LogP) is 4.88. The third kappa shape index (κ3) is 4.62. The van der Waals surface area contributed by atoms with Gasteiger partial charge in [-0.1, -0.05) is 41.9 Å². The van der Waals surface area contributed by atoms with E-state index in [1.165, 1.54) is 4.88 Å². The fourth-order valence-corrected chi connectivity index (χ4v) is 3.42. The van der Waals surface area contributed by atoms with Crippen molar-refractivity contribution >= 4 is 27.3 Å². The summed E-state index contributed by atoms with van der Waals surface area (Å²) in [6.07, 6.45) is 0. The lowest BCUT2D eigenvalue weighted by atomic mass is 10.0. The van der Waals surface area contributed by atoms with Gasteiger partial charge in [-0.2, -0.15) is 0 Å². The monoisotopic (exact) mass is 353 g/mol. The number of hydrogen-bond donors (Lipinski definition) is 1. The van der Waals surface area contributed by atoms with Gasteiger partial charge in [-0.25, -0.2) is 0 Å². The molecular weight excluding hydrogens is 334 g/mol. The maximum Gasteiger partial charge on any atom is 0.120 e. The standard InChI is InChI=1S/C16H20BrNOS/c1-12(2)16(15-7-4-10-20-15)18-8-9-19-14-6-3-5-13(17)11-14/h3-7,10-12,16,18H,8-9H2,1-2H3. The van der Waals surface area contributed by atoms with Crippen LogP contribution in [-0.4, -0.2) is 13.2 Å². The Morgan fingerprint density at radius 2 is 2.10 bits per heavy atom. The van der Waals surface area contributed by atoms with Crippen molar-refractivity contribution in [3.63, 3.8) is 0 Å². The molecule has 0 aliphatic carbocycles. The van der Waals surface area contributed by atoms with E-state index in [4.69, 9.17) is 4.74 Å². The van der Waals surface area contributed by atoms with Crippen molar-refractivity contribution in [2.24, 2.45) is 5.92 Å². The largest absolute Gasteiger partial charge is 0.492 e. The molecule has 1 aromatic heterocycles. The number of rotatable bonds is 7. The summed E-state index contributed by atoms with van der Waals surface area (Å²) in [4.78, 5) is 1.39. The van der Waals surface area contributed by atoms with Crippen LogP contribution < -0.4 is 10.1 Å². The third-order valence-electron chi connectivity index (χ3n) is 3.05. The Morgan fingerprint density at radius 3 is 2.75 bits per heavy atom. The summed E-state index contributed by atoms with van der Waals surface area (Å²) in [5, 5.41) is 5.71. The van der Waals surface area contributed by atoms with Crippen LogP contribution in [0.5, 0.6) is 5.75 Å². The van der Waals surface area contributed by atoms with E-state index < -0.39 is 0 Å². The summed E-state index contributed by atoms with van der Waals surface area (Å²) in [6.45, 7) is 6.00. The van der Waals surface area contributed by atoms with E-state index in [0.29, 0.717) is 18.6 Å². The number of hydrogen-bond acceptors (Lipinski definition) is 3. The zero-order valence-electron chi connectivity index (χ0n) is 11.8. The molecule has 1 unspecified atom stereocenters. The molecule has 4 heteroatoms. The predicted molar refractivity (Wildman–Crippen MR) is 89.5 cm³/mol. The summed E-state index contributed by atoms with van der Waals surface area (Å²) in [6, 6.07) is 12.6. The molecule has 0 bridgehead atoms. The van der Waals surface area contributed by atoms with Crippen molar-refractivity contribution in [3.8, 4) is 5.75 Å². The fourth-order valence-electron chi connectivity index (χ4n) is 2.07. The second kappa shape index (κ2) is 7.81. The van der Waals surface area contributed by atoms with E-state index in [1.807, 2.05) is 24.3 Å². The second-order valence-corrected chi connectivity index (χ2v) is 6.89. The lowest BCUT2D eigenvalue weighted by molar-refractivity contribution is 0.294. The van der Waals surface area contributed by atoms with Gasteiger partial charge in [-0.3, -0.25) is 0 Å². The van der Waals surface area contributed by atoms with Gasteiger partial charge in [0.15, 0.2) is 0 Å². The highest BCUT2D eigenvalue weighted by Gasteiger charge is 2.15. The summed E-state index contributed by atoms with van der Waals surface area (Å²) < 4.78 is 6.79. The summed E-state index contributed by atoms with van der Waals surface area (Å²) in [7, 11) is 0. The molecule has 0 radical (unpaired) electrons. The minimum Gasteiger partial charge on any atom is -0.492 e. The van der Waals surface area contributed by atoms with Gasteiger partial charge in [0, 0.05) is 21.9 Å². The normalized spacial score (nSPS) is 12.6. The number of nitrogens with one attached hydrogen (secondary N) is 1. The van der Waals surface area contributed by atoms with Crippen LogP contribution in [0.4, 0.5) is 0 Å². The third-order valence-corrected chi connectivity index (χ3v) is 4.50. The molecule has 0 aliphatic rings. The molecule has 0 spiro atoms. The Morgan fingerprint density at radius 1 is 1.25 bits per heavy atom. The van der Waals surface area contributed by atoms with E-state index in [1.54, 1.807) is 11.3 Å². The number of benzene rings is 1. The highest BCUT2D eigenvalue weighted by Crippen LogP contribution is 2.25. The Balaban J connectivity index is 1.79. The quantitative estimate of drug-likeness (QED) is 0.716. The van der Waals surface area contributed by atoms with Crippen LogP contribution in [0.15, 0.2) is 46.3 Å². The van der Waals surface area contributed by atoms with Gasteiger partial charge in [0.25, 0.3) is 0 Å². The SMILES string of the molecule is CC(C)C(NCCOc1cccc(Br)c1)c1cccs1. The van der Waals surface area contributed by atoms with Gasteiger partial charge in [0.1, 0.15) is 12.4 Å². The zero-order chi connectivity index (χ0) is 14.4. The molecule has 1 heterocycles. The van der Waals surface area contributed by atoms with Crippen molar-refractivity contribution in [2.45, 2.75) is 19.9 Å². The van der Waals surface area contributed by atoms with Crippen LogP contribution in [0.1, 0.15) is 24.8 Å². The summed E-state index contributed by atoms with van der Waals surface area (Å²) in [5.41, 5.74) is 0. The topological polar surface area (TPSA) is 21.3 Å². The van der Waals surface area contributed by atoms with Crippen LogP contribution in [0.3, 0.4) is 0 Å². The van der Waals surface area contributed by atoms with Crippen molar-refractivity contribution in [2.75, 3.05) is 13.2 Å². The lowest BCUT2D eigenvalue weighted by Gasteiger charge is -2.21. The average molecular weight is 354 g/mol. The summed E-state index contributed by atoms with van der Waals surface area (Å²) >= 11 is 5.25. The molecule has 20 heavy (non-hydrogen) atoms. The first-order chi connectivity index (χ1) is 9.66. The van der Waals surface area contributed by atoms with E-state index in [2.05, 4.69) is 52.6 Å². The van der Waals surface area contributed by atoms with Crippen LogP contribution in [-0.2, 0) is 0 Å².